The lowest BCUT2D eigenvalue weighted by molar-refractivity contribution is -0.357. The molecule has 0 saturated heterocycles. The smallest absolute Gasteiger partial charge is 0.304 e. The van der Waals surface area contributed by atoms with E-state index < -0.39 is 5.97 Å². The van der Waals surface area contributed by atoms with Crippen LogP contribution in [0.2, 0.25) is 0 Å². The molecule has 0 rings (SSSR count). The fourth-order valence-electron chi connectivity index (χ4n) is 0.907. The van der Waals surface area contributed by atoms with Crippen LogP contribution in [0.15, 0.2) is 0 Å². The number of hydrogen-bond acceptors (Lipinski definition) is 7. The molecule has 17 heavy (non-hydrogen) atoms. The van der Waals surface area contributed by atoms with Crippen LogP contribution in [0.3, 0.4) is 0 Å². The first-order valence-electron chi connectivity index (χ1n) is 5.35. The number of ether oxygens (including phenoxy) is 5. The van der Waals surface area contributed by atoms with Crippen molar-refractivity contribution in [1.29, 1.82) is 0 Å². The van der Waals surface area contributed by atoms with Gasteiger partial charge in [-0.15, -0.1) is 0 Å². The summed E-state index contributed by atoms with van der Waals surface area (Å²) in [4.78, 5) is 0. The Balaban J connectivity index is 3.23. The molecule has 0 aromatic rings. The van der Waals surface area contributed by atoms with Crippen molar-refractivity contribution in [1.82, 2.24) is 0 Å². The van der Waals surface area contributed by atoms with E-state index in [-0.39, 0.29) is 13.2 Å². The Morgan fingerprint density at radius 2 is 1.29 bits per heavy atom. The number of methoxy groups -OCH3 is 2. The highest BCUT2D eigenvalue weighted by Gasteiger charge is 2.25. The van der Waals surface area contributed by atoms with Crippen LogP contribution in [0.4, 0.5) is 0 Å². The van der Waals surface area contributed by atoms with E-state index in [1.54, 1.807) is 0 Å². The molecule has 0 radical (unpaired) electrons. The topological polar surface area (TPSA) is 86.6 Å². The largest absolute Gasteiger partial charge is 0.394 e. The SMILES string of the molecule is COC(O)(COCCOCCOCCO)OC. The summed E-state index contributed by atoms with van der Waals surface area (Å²) in [6.07, 6.45) is 0. The van der Waals surface area contributed by atoms with Crippen LogP contribution in [0, 0.1) is 0 Å². The average molecular weight is 254 g/mol. The number of aliphatic hydroxyl groups excluding tert-OH is 1. The van der Waals surface area contributed by atoms with Crippen molar-refractivity contribution in [3.8, 4) is 0 Å². The quantitative estimate of drug-likeness (QED) is 0.340. The maximum Gasteiger partial charge on any atom is 0.304 e. The molecule has 0 atom stereocenters. The Morgan fingerprint density at radius 3 is 1.76 bits per heavy atom. The fourth-order valence-corrected chi connectivity index (χ4v) is 0.907. The van der Waals surface area contributed by atoms with E-state index in [1.165, 1.54) is 14.2 Å². The second kappa shape index (κ2) is 10.8. The number of hydrogen-bond donors (Lipinski definition) is 2. The predicted molar refractivity (Wildman–Crippen MR) is 58.5 cm³/mol. The van der Waals surface area contributed by atoms with Crippen LogP contribution >= 0.6 is 0 Å². The Morgan fingerprint density at radius 1 is 0.824 bits per heavy atom. The molecule has 0 aliphatic heterocycles. The van der Waals surface area contributed by atoms with Crippen LogP contribution in [0.1, 0.15) is 0 Å². The zero-order valence-corrected chi connectivity index (χ0v) is 10.4. The third kappa shape index (κ3) is 9.42. The summed E-state index contributed by atoms with van der Waals surface area (Å²) in [7, 11) is 2.64. The van der Waals surface area contributed by atoms with Crippen molar-refractivity contribution < 1.29 is 33.9 Å². The third-order valence-electron chi connectivity index (χ3n) is 1.90. The van der Waals surface area contributed by atoms with Crippen LogP contribution in [0.25, 0.3) is 0 Å². The van der Waals surface area contributed by atoms with Gasteiger partial charge in [-0.1, -0.05) is 0 Å². The van der Waals surface area contributed by atoms with E-state index in [4.69, 9.17) is 19.3 Å². The lowest BCUT2D eigenvalue weighted by Gasteiger charge is -2.23. The van der Waals surface area contributed by atoms with Crippen LogP contribution in [-0.4, -0.2) is 76.7 Å². The van der Waals surface area contributed by atoms with E-state index in [9.17, 15) is 5.11 Å². The second-order valence-corrected chi connectivity index (χ2v) is 3.12. The summed E-state index contributed by atoms with van der Waals surface area (Å²) in [5.74, 6) is -1.70. The molecule has 0 fully saturated rings. The molecular formula is C10H22O7. The molecule has 0 aromatic carbocycles. The minimum absolute atomic E-state index is 0.00965. The van der Waals surface area contributed by atoms with Gasteiger partial charge in [0, 0.05) is 14.2 Å². The number of aliphatic hydroxyl groups is 2. The molecule has 7 heteroatoms. The zero-order chi connectivity index (χ0) is 13.0. The van der Waals surface area contributed by atoms with Crippen molar-refractivity contribution in [3.05, 3.63) is 0 Å². The van der Waals surface area contributed by atoms with Gasteiger partial charge in [0.15, 0.2) is 0 Å². The van der Waals surface area contributed by atoms with Gasteiger partial charge in [0.1, 0.15) is 6.61 Å². The first kappa shape index (κ1) is 16.7. The highest BCUT2D eigenvalue weighted by atomic mass is 16.8. The molecule has 0 unspecified atom stereocenters. The average Bonchev–Trinajstić information content (AvgIpc) is 2.36. The summed E-state index contributed by atoms with van der Waals surface area (Å²) >= 11 is 0. The van der Waals surface area contributed by atoms with Crippen molar-refractivity contribution in [3.63, 3.8) is 0 Å². The minimum Gasteiger partial charge on any atom is -0.394 e. The van der Waals surface area contributed by atoms with Gasteiger partial charge in [-0.05, 0) is 0 Å². The van der Waals surface area contributed by atoms with Gasteiger partial charge < -0.3 is 33.9 Å². The maximum absolute atomic E-state index is 9.47. The lowest BCUT2D eigenvalue weighted by atomic mass is 10.6. The van der Waals surface area contributed by atoms with Crippen LogP contribution < -0.4 is 0 Å². The maximum atomic E-state index is 9.47. The second-order valence-electron chi connectivity index (χ2n) is 3.12. The molecule has 0 aliphatic carbocycles. The van der Waals surface area contributed by atoms with Gasteiger partial charge >= 0.3 is 5.97 Å². The molecule has 7 nitrogen and oxygen atoms in total. The van der Waals surface area contributed by atoms with Crippen molar-refractivity contribution in [2.24, 2.45) is 0 Å². The molecule has 0 aromatic heterocycles. The Labute approximate surface area is 101 Å². The fraction of sp³-hybridized carbons (Fsp3) is 1.00. The highest BCUT2D eigenvalue weighted by Crippen LogP contribution is 2.05. The standard InChI is InChI=1S/C10H22O7/c1-13-10(12,14-2)9-17-8-7-16-6-5-15-4-3-11/h11-12H,3-9H2,1-2H3. The van der Waals surface area contributed by atoms with E-state index in [2.05, 4.69) is 9.47 Å². The summed E-state index contributed by atoms with van der Waals surface area (Å²) in [5.41, 5.74) is 0. The predicted octanol–water partition coefficient (Wildman–Crippen LogP) is -1.03. The summed E-state index contributed by atoms with van der Waals surface area (Å²) in [6.45, 7) is 1.79. The van der Waals surface area contributed by atoms with Crippen molar-refractivity contribution in [2.45, 2.75) is 5.97 Å². The van der Waals surface area contributed by atoms with E-state index in [0.717, 1.165) is 0 Å². The molecule has 0 amide bonds. The molecule has 104 valence electrons. The van der Waals surface area contributed by atoms with Crippen molar-refractivity contribution >= 4 is 0 Å². The third-order valence-corrected chi connectivity index (χ3v) is 1.90. The Hall–Kier alpha value is -0.280. The van der Waals surface area contributed by atoms with Crippen LogP contribution in [0.5, 0.6) is 0 Å². The normalized spacial score (nSPS) is 12.0. The van der Waals surface area contributed by atoms with Gasteiger partial charge in [-0.25, -0.2) is 0 Å². The molecule has 0 bridgehead atoms. The number of rotatable bonds is 12. The first-order chi connectivity index (χ1) is 8.18. The van der Waals surface area contributed by atoms with E-state index in [1.807, 2.05) is 0 Å². The van der Waals surface area contributed by atoms with Gasteiger partial charge in [0.05, 0.1) is 39.6 Å². The summed E-state index contributed by atoms with van der Waals surface area (Å²) < 4.78 is 24.6. The lowest BCUT2D eigenvalue weighted by Crippen LogP contribution is -2.39. The van der Waals surface area contributed by atoms with Gasteiger partial charge in [-0.3, -0.25) is 0 Å². The molecule has 2 N–H and O–H groups in total. The minimum atomic E-state index is -1.70. The van der Waals surface area contributed by atoms with Gasteiger partial charge in [0.2, 0.25) is 0 Å². The first-order valence-corrected chi connectivity index (χ1v) is 5.35. The monoisotopic (exact) mass is 254 g/mol. The van der Waals surface area contributed by atoms with Crippen molar-refractivity contribution in [2.75, 3.05) is 60.5 Å². The highest BCUT2D eigenvalue weighted by molar-refractivity contribution is 4.49. The molecule has 0 spiro atoms. The van der Waals surface area contributed by atoms with Crippen LogP contribution in [-0.2, 0) is 23.7 Å². The molecule has 0 saturated carbocycles. The summed E-state index contributed by atoms with van der Waals surface area (Å²) in [5, 5.41) is 17.9. The van der Waals surface area contributed by atoms with Gasteiger partial charge in [-0.2, -0.15) is 0 Å². The molecule has 0 aliphatic rings. The van der Waals surface area contributed by atoms with Gasteiger partial charge in [0.25, 0.3) is 0 Å². The summed E-state index contributed by atoms with van der Waals surface area (Å²) in [6, 6.07) is 0. The molecule has 0 heterocycles. The zero-order valence-electron chi connectivity index (χ0n) is 10.4. The molecular weight excluding hydrogens is 232 g/mol. The van der Waals surface area contributed by atoms with E-state index >= 15 is 0 Å². The van der Waals surface area contributed by atoms with E-state index in [0.29, 0.717) is 33.0 Å². The Kier molecular flexibility index (Phi) is 10.7. The Bertz CT molecular complexity index is 161.